The highest BCUT2D eigenvalue weighted by Gasteiger charge is 2.14. The fourth-order valence-electron chi connectivity index (χ4n) is 1.25. The minimum atomic E-state index is -3.86. The van der Waals surface area contributed by atoms with Crippen LogP contribution in [-0.2, 0) is 18.6 Å². The van der Waals surface area contributed by atoms with E-state index in [2.05, 4.69) is 10.1 Å². The summed E-state index contributed by atoms with van der Waals surface area (Å²) < 4.78 is 32.0. The zero-order chi connectivity index (χ0) is 13.8. The average molecular weight is 294 g/mol. The van der Waals surface area contributed by atoms with Gasteiger partial charge in [-0.2, -0.15) is 0 Å². The Morgan fingerprint density at radius 3 is 2.56 bits per heavy atom. The number of methoxy groups -OCH3 is 2. The summed E-state index contributed by atoms with van der Waals surface area (Å²) in [5, 5.41) is 2.46. The van der Waals surface area contributed by atoms with Crippen LogP contribution in [0.1, 0.15) is 0 Å². The Labute approximate surface area is 109 Å². The van der Waals surface area contributed by atoms with Crippen molar-refractivity contribution in [2.24, 2.45) is 0 Å². The summed E-state index contributed by atoms with van der Waals surface area (Å²) in [5.74, 6) is -0.108. The van der Waals surface area contributed by atoms with Gasteiger partial charge in [0, 0.05) is 17.8 Å². The van der Waals surface area contributed by atoms with Gasteiger partial charge >= 0.3 is 0 Å². The van der Waals surface area contributed by atoms with Crippen molar-refractivity contribution >= 4 is 31.3 Å². The van der Waals surface area contributed by atoms with Crippen LogP contribution >= 0.6 is 10.7 Å². The van der Waals surface area contributed by atoms with Crippen LogP contribution in [0.5, 0.6) is 5.75 Å². The Morgan fingerprint density at radius 1 is 1.39 bits per heavy atom. The number of rotatable bonds is 5. The number of benzene rings is 1. The fraction of sp³-hybridized carbons (Fsp3) is 0.300. The third kappa shape index (κ3) is 3.86. The highest BCUT2D eigenvalue weighted by Crippen LogP contribution is 2.28. The molecule has 0 spiro atoms. The van der Waals surface area contributed by atoms with Crippen LogP contribution in [0.25, 0.3) is 0 Å². The van der Waals surface area contributed by atoms with Gasteiger partial charge in [0.1, 0.15) is 12.4 Å². The molecule has 1 aromatic carbocycles. The van der Waals surface area contributed by atoms with Gasteiger partial charge in [-0.05, 0) is 18.2 Å². The molecule has 0 bridgehead atoms. The van der Waals surface area contributed by atoms with Crippen LogP contribution in [0.2, 0.25) is 0 Å². The minimum absolute atomic E-state index is 0.127. The number of carbonyl (C=O) groups is 1. The maximum absolute atomic E-state index is 11.4. The van der Waals surface area contributed by atoms with Gasteiger partial charge in [-0.15, -0.1) is 0 Å². The SMILES string of the molecule is COCC(=O)Nc1cc(S(=O)(=O)Cl)ccc1OC. The van der Waals surface area contributed by atoms with Gasteiger partial charge in [0.15, 0.2) is 0 Å². The lowest BCUT2D eigenvalue weighted by Gasteiger charge is -2.10. The second-order valence-electron chi connectivity index (χ2n) is 3.28. The van der Waals surface area contributed by atoms with E-state index >= 15 is 0 Å². The first kappa shape index (κ1) is 14.7. The van der Waals surface area contributed by atoms with Crippen molar-refractivity contribution in [1.29, 1.82) is 0 Å². The number of hydrogen-bond acceptors (Lipinski definition) is 5. The molecule has 18 heavy (non-hydrogen) atoms. The highest BCUT2D eigenvalue weighted by molar-refractivity contribution is 8.13. The molecule has 1 N–H and O–H groups in total. The summed E-state index contributed by atoms with van der Waals surface area (Å²) in [4.78, 5) is 11.2. The van der Waals surface area contributed by atoms with Crippen LogP contribution in [0.15, 0.2) is 23.1 Å². The minimum Gasteiger partial charge on any atom is -0.495 e. The van der Waals surface area contributed by atoms with E-state index in [1.807, 2.05) is 0 Å². The van der Waals surface area contributed by atoms with Crippen LogP contribution in [-0.4, -0.2) is 35.2 Å². The quantitative estimate of drug-likeness (QED) is 0.825. The van der Waals surface area contributed by atoms with Gasteiger partial charge in [0.2, 0.25) is 5.91 Å². The molecule has 0 aliphatic heterocycles. The highest BCUT2D eigenvalue weighted by atomic mass is 35.7. The first-order valence-electron chi connectivity index (χ1n) is 4.80. The summed E-state index contributed by atoms with van der Waals surface area (Å²) in [6, 6.07) is 3.90. The largest absolute Gasteiger partial charge is 0.495 e. The van der Waals surface area contributed by atoms with Crippen molar-refractivity contribution < 1.29 is 22.7 Å². The Morgan fingerprint density at radius 2 is 2.06 bits per heavy atom. The van der Waals surface area contributed by atoms with Gasteiger partial charge in [-0.25, -0.2) is 8.42 Å². The lowest BCUT2D eigenvalue weighted by Crippen LogP contribution is -2.17. The maximum atomic E-state index is 11.4. The molecule has 0 aliphatic carbocycles. The molecule has 1 rings (SSSR count). The van der Waals surface area contributed by atoms with E-state index in [0.29, 0.717) is 5.75 Å². The Balaban J connectivity index is 3.11. The van der Waals surface area contributed by atoms with E-state index in [0.717, 1.165) is 0 Å². The lowest BCUT2D eigenvalue weighted by molar-refractivity contribution is -0.119. The first-order valence-corrected chi connectivity index (χ1v) is 7.11. The van der Waals surface area contributed by atoms with Gasteiger partial charge in [-0.1, -0.05) is 0 Å². The van der Waals surface area contributed by atoms with Crippen LogP contribution in [0.3, 0.4) is 0 Å². The number of ether oxygens (including phenoxy) is 2. The summed E-state index contributed by atoms with van der Waals surface area (Å²) in [5.41, 5.74) is 0.210. The molecule has 100 valence electrons. The second kappa shape index (κ2) is 6.03. The molecule has 0 atom stereocenters. The van der Waals surface area contributed by atoms with E-state index in [9.17, 15) is 13.2 Å². The summed E-state index contributed by atoms with van der Waals surface area (Å²) in [6.45, 7) is -0.152. The third-order valence-electron chi connectivity index (χ3n) is 2.00. The normalized spacial score (nSPS) is 11.1. The van der Waals surface area contributed by atoms with Crippen molar-refractivity contribution in [3.8, 4) is 5.75 Å². The van der Waals surface area contributed by atoms with E-state index in [1.54, 1.807) is 0 Å². The average Bonchev–Trinajstić information content (AvgIpc) is 2.28. The standard InChI is InChI=1S/C10H12ClNO5S/c1-16-6-10(13)12-8-5-7(18(11,14)15)3-4-9(8)17-2/h3-5H,6H2,1-2H3,(H,12,13). The number of hydrogen-bond donors (Lipinski definition) is 1. The topological polar surface area (TPSA) is 81.7 Å². The first-order chi connectivity index (χ1) is 8.38. The fourth-order valence-corrected chi connectivity index (χ4v) is 2.03. The number of amides is 1. The number of nitrogens with one attached hydrogen (secondary N) is 1. The molecule has 8 heteroatoms. The second-order valence-corrected chi connectivity index (χ2v) is 5.85. The van der Waals surface area contributed by atoms with Crippen LogP contribution in [0, 0.1) is 0 Å². The van der Waals surface area contributed by atoms with E-state index in [1.165, 1.54) is 32.4 Å². The molecule has 0 saturated carbocycles. The summed E-state index contributed by atoms with van der Waals surface area (Å²) in [7, 11) is 4.12. The predicted molar refractivity (Wildman–Crippen MR) is 66.5 cm³/mol. The van der Waals surface area contributed by atoms with Gasteiger partial charge in [0.25, 0.3) is 9.05 Å². The number of carbonyl (C=O) groups excluding carboxylic acids is 1. The molecular weight excluding hydrogens is 282 g/mol. The molecule has 1 amide bonds. The molecule has 0 aromatic heterocycles. The Bertz CT molecular complexity index is 543. The monoisotopic (exact) mass is 293 g/mol. The maximum Gasteiger partial charge on any atom is 0.261 e. The summed E-state index contributed by atoms with van der Waals surface area (Å²) in [6.07, 6.45) is 0. The van der Waals surface area contributed by atoms with E-state index in [-0.39, 0.29) is 17.2 Å². The Kier molecular flexibility index (Phi) is 4.94. The molecule has 6 nitrogen and oxygen atoms in total. The molecule has 0 radical (unpaired) electrons. The van der Waals surface area contributed by atoms with Crippen LogP contribution in [0.4, 0.5) is 5.69 Å². The lowest BCUT2D eigenvalue weighted by atomic mass is 10.3. The van der Waals surface area contributed by atoms with Gasteiger partial charge in [0.05, 0.1) is 17.7 Å². The van der Waals surface area contributed by atoms with Gasteiger partial charge < -0.3 is 14.8 Å². The van der Waals surface area contributed by atoms with E-state index in [4.69, 9.17) is 15.4 Å². The van der Waals surface area contributed by atoms with Crippen molar-refractivity contribution in [2.45, 2.75) is 4.90 Å². The zero-order valence-corrected chi connectivity index (χ0v) is 11.3. The third-order valence-corrected chi connectivity index (χ3v) is 3.35. The molecule has 0 fully saturated rings. The summed E-state index contributed by atoms with van der Waals surface area (Å²) >= 11 is 0. The molecule has 0 aliphatic rings. The van der Waals surface area contributed by atoms with Crippen molar-refractivity contribution in [3.05, 3.63) is 18.2 Å². The number of halogens is 1. The molecule has 0 unspecified atom stereocenters. The van der Waals surface area contributed by atoms with Crippen molar-refractivity contribution in [2.75, 3.05) is 26.1 Å². The molecule has 0 heterocycles. The van der Waals surface area contributed by atoms with Crippen LogP contribution < -0.4 is 10.1 Å². The van der Waals surface area contributed by atoms with Crippen molar-refractivity contribution in [3.63, 3.8) is 0 Å². The molecule has 1 aromatic rings. The smallest absolute Gasteiger partial charge is 0.261 e. The predicted octanol–water partition coefficient (Wildman–Crippen LogP) is 1.21. The Hall–Kier alpha value is -1.31. The van der Waals surface area contributed by atoms with E-state index < -0.39 is 15.0 Å². The molecular formula is C10H12ClNO5S. The number of anilines is 1. The van der Waals surface area contributed by atoms with Crippen molar-refractivity contribution in [1.82, 2.24) is 0 Å². The van der Waals surface area contributed by atoms with Gasteiger partial charge in [-0.3, -0.25) is 4.79 Å². The zero-order valence-electron chi connectivity index (χ0n) is 9.77. The molecule has 0 saturated heterocycles.